The Bertz CT molecular complexity index is 712. The molecule has 0 aromatic heterocycles. The lowest BCUT2D eigenvalue weighted by atomic mass is 10.1. The Labute approximate surface area is 130 Å². The van der Waals surface area contributed by atoms with Crippen LogP contribution in [0, 0.1) is 5.82 Å². The van der Waals surface area contributed by atoms with Gasteiger partial charge in [-0.25, -0.2) is 4.39 Å². The van der Waals surface area contributed by atoms with Crippen molar-refractivity contribution in [3.63, 3.8) is 0 Å². The Balaban J connectivity index is 1.69. The highest BCUT2D eigenvalue weighted by Crippen LogP contribution is 2.21. The van der Waals surface area contributed by atoms with Gasteiger partial charge in [-0.05, 0) is 6.07 Å². The predicted molar refractivity (Wildman–Crippen MR) is 83.5 cm³/mol. The Hall–Kier alpha value is -2.21. The number of fused-ring (bicyclic) bond motifs is 1. The molecule has 0 fully saturated rings. The SMILES string of the molecule is O=C(NCc1ccccc1F)C1=CNC2C=CC=CC2S1=O. The fourth-order valence-electron chi connectivity index (χ4n) is 2.38. The molecule has 1 heterocycles. The number of halogens is 1. The van der Waals surface area contributed by atoms with Crippen molar-refractivity contribution >= 4 is 16.7 Å². The first-order valence-corrected chi connectivity index (χ1v) is 8.11. The molecule has 1 amide bonds. The number of benzene rings is 1. The van der Waals surface area contributed by atoms with Crippen LogP contribution in [0.1, 0.15) is 5.56 Å². The van der Waals surface area contributed by atoms with E-state index >= 15 is 0 Å². The molecule has 2 aliphatic rings. The van der Waals surface area contributed by atoms with E-state index in [2.05, 4.69) is 10.6 Å². The first-order chi connectivity index (χ1) is 10.7. The van der Waals surface area contributed by atoms with Crippen molar-refractivity contribution in [1.82, 2.24) is 10.6 Å². The first kappa shape index (κ1) is 14.7. The molecule has 0 bridgehead atoms. The molecule has 0 radical (unpaired) electrons. The molecule has 3 unspecified atom stereocenters. The van der Waals surface area contributed by atoms with Gasteiger partial charge in [0.05, 0.1) is 22.1 Å². The lowest BCUT2D eigenvalue weighted by Gasteiger charge is -2.29. The van der Waals surface area contributed by atoms with Crippen molar-refractivity contribution < 1.29 is 13.4 Å². The fraction of sp³-hybridized carbons (Fsp3) is 0.188. The molecule has 22 heavy (non-hydrogen) atoms. The molecule has 0 saturated carbocycles. The molecule has 1 aliphatic carbocycles. The van der Waals surface area contributed by atoms with Crippen molar-refractivity contribution in [2.45, 2.75) is 17.8 Å². The van der Waals surface area contributed by atoms with E-state index in [9.17, 15) is 13.4 Å². The second-order valence-electron chi connectivity index (χ2n) is 5.01. The molecular formula is C16H15FN2O2S. The van der Waals surface area contributed by atoms with Crippen LogP contribution in [0.5, 0.6) is 0 Å². The Morgan fingerprint density at radius 1 is 1.27 bits per heavy atom. The molecule has 3 atom stereocenters. The maximum absolute atomic E-state index is 13.5. The summed E-state index contributed by atoms with van der Waals surface area (Å²) in [5.74, 6) is -0.824. The van der Waals surface area contributed by atoms with Gasteiger partial charge in [0.25, 0.3) is 5.91 Å². The minimum atomic E-state index is -1.43. The van der Waals surface area contributed by atoms with Crippen LogP contribution in [-0.2, 0) is 22.1 Å². The molecule has 0 saturated heterocycles. The van der Waals surface area contributed by atoms with Crippen LogP contribution in [0.4, 0.5) is 4.39 Å². The van der Waals surface area contributed by atoms with E-state index in [0.29, 0.717) is 5.56 Å². The molecule has 1 aromatic rings. The van der Waals surface area contributed by atoms with Crippen molar-refractivity contribution in [2.24, 2.45) is 0 Å². The van der Waals surface area contributed by atoms with Crippen LogP contribution < -0.4 is 10.6 Å². The summed E-state index contributed by atoms with van der Waals surface area (Å²) in [5.41, 5.74) is 0.393. The van der Waals surface area contributed by atoms with Gasteiger partial charge in [-0.2, -0.15) is 0 Å². The maximum Gasteiger partial charge on any atom is 0.262 e. The highest BCUT2D eigenvalue weighted by Gasteiger charge is 2.33. The highest BCUT2D eigenvalue weighted by atomic mass is 32.2. The third-order valence-electron chi connectivity index (χ3n) is 3.58. The average Bonchev–Trinajstić information content (AvgIpc) is 2.54. The number of carbonyl (C=O) groups is 1. The summed E-state index contributed by atoms with van der Waals surface area (Å²) in [5, 5.41) is 5.42. The molecule has 2 N–H and O–H groups in total. The summed E-state index contributed by atoms with van der Waals surface area (Å²) >= 11 is 0. The fourth-order valence-corrected chi connectivity index (χ4v) is 3.78. The summed E-state index contributed by atoms with van der Waals surface area (Å²) in [6.45, 7) is 0.0594. The Kier molecular flexibility index (Phi) is 4.20. The van der Waals surface area contributed by atoms with Gasteiger partial charge in [-0.15, -0.1) is 0 Å². The summed E-state index contributed by atoms with van der Waals surface area (Å²) in [4.78, 5) is 12.4. The minimum absolute atomic E-state index is 0.0594. The van der Waals surface area contributed by atoms with Crippen LogP contribution in [0.15, 0.2) is 59.7 Å². The number of hydrogen-bond donors (Lipinski definition) is 2. The average molecular weight is 318 g/mol. The van der Waals surface area contributed by atoms with Crippen LogP contribution in [-0.4, -0.2) is 21.4 Å². The Morgan fingerprint density at radius 2 is 2.05 bits per heavy atom. The normalized spacial score (nSPS) is 25.9. The van der Waals surface area contributed by atoms with Crippen molar-refractivity contribution in [2.75, 3.05) is 0 Å². The lowest BCUT2D eigenvalue weighted by Crippen LogP contribution is -2.45. The van der Waals surface area contributed by atoms with Gasteiger partial charge >= 0.3 is 0 Å². The standard InChI is InChI=1S/C16H15FN2O2S/c17-12-6-2-1-5-11(12)9-19-16(20)15-10-18-13-7-3-4-8-14(13)22(15)21/h1-8,10,13-14,18H,9H2,(H,19,20). The predicted octanol–water partition coefficient (Wildman–Crippen LogP) is 1.50. The highest BCUT2D eigenvalue weighted by molar-refractivity contribution is 7.91. The first-order valence-electron chi connectivity index (χ1n) is 6.90. The second-order valence-corrected chi connectivity index (χ2v) is 6.59. The van der Waals surface area contributed by atoms with Crippen LogP contribution in [0.3, 0.4) is 0 Å². The van der Waals surface area contributed by atoms with E-state index in [4.69, 9.17) is 0 Å². The van der Waals surface area contributed by atoms with E-state index < -0.39 is 16.7 Å². The third kappa shape index (κ3) is 2.87. The summed E-state index contributed by atoms with van der Waals surface area (Å²) in [7, 11) is -1.43. The molecule has 6 heteroatoms. The number of allylic oxidation sites excluding steroid dienone is 2. The molecule has 1 aliphatic heterocycles. The van der Waals surface area contributed by atoms with Gasteiger partial charge in [-0.3, -0.25) is 9.00 Å². The van der Waals surface area contributed by atoms with Gasteiger partial charge in [0, 0.05) is 18.3 Å². The van der Waals surface area contributed by atoms with Crippen molar-refractivity contribution in [3.8, 4) is 0 Å². The minimum Gasteiger partial charge on any atom is -0.382 e. The lowest BCUT2D eigenvalue weighted by molar-refractivity contribution is -0.117. The number of nitrogens with one attached hydrogen (secondary N) is 2. The summed E-state index contributed by atoms with van der Waals surface area (Å²) in [6.07, 6.45) is 8.92. The zero-order valence-electron chi connectivity index (χ0n) is 11.7. The van der Waals surface area contributed by atoms with Crippen LogP contribution >= 0.6 is 0 Å². The zero-order valence-corrected chi connectivity index (χ0v) is 12.5. The van der Waals surface area contributed by atoms with Gasteiger partial charge in [0.2, 0.25) is 0 Å². The van der Waals surface area contributed by atoms with E-state index in [0.717, 1.165) is 0 Å². The molecule has 4 nitrogen and oxygen atoms in total. The number of amides is 1. The molecule has 114 valence electrons. The van der Waals surface area contributed by atoms with Crippen LogP contribution in [0.2, 0.25) is 0 Å². The molecule has 3 rings (SSSR count). The molecule has 0 spiro atoms. The quantitative estimate of drug-likeness (QED) is 0.888. The number of rotatable bonds is 3. The van der Waals surface area contributed by atoms with E-state index in [1.807, 2.05) is 24.3 Å². The van der Waals surface area contributed by atoms with Gasteiger partial charge in [0.1, 0.15) is 10.7 Å². The summed E-state index contributed by atoms with van der Waals surface area (Å²) < 4.78 is 26.0. The monoisotopic (exact) mass is 318 g/mol. The topological polar surface area (TPSA) is 58.2 Å². The van der Waals surface area contributed by atoms with Gasteiger partial charge < -0.3 is 10.6 Å². The van der Waals surface area contributed by atoms with Crippen LogP contribution in [0.25, 0.3) is 0 Å². The largest absolute Gasteiger partial charge is 0.382 e. The van der Waals surface area contributed by atoms with E-state index in [-0.39, 0.29) is 28.6 Å². The third-order valence-corrected chi connectivity index (χ3v) is 5.26. The molecular weight excluding hydrogens is 303 g/mol. The van der Waals surface area contributed by atoms with Crippen molar-refractivity contribution in [1.29, 1.82) is 0 Å². The smallest absolute Gasteiger partial charge is 0.262 e. The Morgan fingerprint density at radius 3 is 2.86 bits per heavy atom. The number of carbonyl (C=O) groups excluding carboxylic acids is 1. The molecule has 1 aromatic carbocycles. The number of hydrogen-bond acceptors (Lipinski definition) is 3. The zero-order chi connectivity index (χ0) is 15.5. The van der Waals surface area contributed by atoms with E-state index in [1.54, 1.807) is 18.2 Å². The van der Waals surface area contributed by atoms with Gasteiger partial charge in [0.15, 0.2) is 0 Å². The second kappa shape index (κ2) is 6.27. The van der Waals surface area contributed by atoms with Gasteiger partial charge in [-0.1, -0.05) is 42.5 Å². The van der Waals surface area contributed by atoms with Crippen molar-refractivity contribution in [3.05, 3.63) is 71.1 Å². The maximum atomic E-state index is 13.5. The summed E-state index contributed by atoms with van der Waals surface area (Å²) in [6, 6.07) is 6.17. The van der Waals surface area contributed by atoms with E-state index in [1.165, 1.54) is 12.3 Å².